The molecule has 0 radical (unpaired) electrons. The Kier molecular flexibility index (Phi) is 3.05. The number of aryl methyl sites for hydroxylation is 1. The molecule has 1 aromatic rings. The lowest BCUT2D eigenvalue weighted by atomic mass is 9.99. The Bertz CT molecular complexity index is 511. The standard InChI is InChI=1S/C12H16O2S/c1-8(2)12-7-11(15(5,13)14)6-9(3)10(12)4/h6-7H,1H2,2-5H3. The lowest BCUT2D eigenvalue weighted by Gasteiger charge is -2.11. The van der Waals surface area contributed by atoms with Gasteiger partial charge in [-0.15, -0.1) is 0 Å². The van der Waals surface area contributed by atoms with E-state index in [9.17, 15) is 8.42 Å². The van der Waals surface area contributed by atoms with Crippen molar-refractivity contribution >= 4 is 15.4 Å². The molecule has 0 amide bonds. The van der Waals surface area contributed by atoms with Crippen molar-refractivity contribution in [3.63, 3.8) is 0 Å². The highest BCUT2D eigenvalue weighted by Gasteiger charge is 2.11. The first-order valence-corrected chi connectivity index (χ1v) is 6.60. The lowest BCUT2D eigenvalue weighted by molar-refractivity contribution is 0.601. The maximum atomic E-state index is 11.4. The first kappa shape index (κ1) is 12.0. The third-order valence-electron chi connectivity index (χ3n) is 2.53. The van der Waals surface area contributed by atoms with Crippen molar-refractivity contribution in [2.24, 2.45) is 0 Å². The molecule has 0 saturated carbocycles. The number of hydrogen-bond donors (Lipinski definition) is 0. The first-order valence-electron chi connectivity index (χ1n) is 4.70. The van der Waals surface area contributed by atoms with Gasteiger partial charge in [-0.2, -0.15) is 0 Å². The second-order valence-corrected chi connectivity index (χ2v) is 5.98. The summed E-state index contributed by atoms with van der Waals surface area (Å²) >= 11 is 0. The van der Waals surface area contributed by atoms with Gasteiger partial charge in [0, 0.05) is 6.26 Å². The molecule has 3 heteroatoms. The Morgan fingerprint density at radius 3 is 2.20 bits per heavy atom. The molecule has 1 rings (SSSR count). The third kappa shape index (κ3) is 2.48. The van der Waals surface area contributed by atoms with Crippen LogP contribution < -0.4 is 0 Å². The molecule has 0 spiro atoms. The van der Waals surface area contributed by atoms with Gasteiger partial charge in [0.15, 0.2) is 9.84 Å². The van der Waals surface area contributed by atoms with Crippen LogP contribution in [0, 0.1) is 13.8 Å². The molecule has 0 aliphatic heterocycles. The highest BCUT2D eigenvalue weighted by molar-refractivity contribution is 7.90. The molecule has 82 valence electrons. The predicted octanol–water partition coefficient (Wildman–Crippen LogP) is 2.74. The molecule has 0 atom stereocenters. The van der Waals surface area contributed by atoms with Crippen LogP contribution in [0.5, 0.6) is 0 Å². The van der Waals surface area contributed by atoms with Crippen LogP contribution in [0.2, 0.25) is 0 Å². The molecular weight excluding hydrogens is 208 g/mol. The molecule has 0 saturated heterocycles. The fraction of sp³-hybridized carbons (Fsp3) is 0.333. The summed E-state index contributed by atoms with van der Waals surface area (Å²) in [6, 6.07) is 3.40. The van der Waals surface area contributed by atoms with Crippen LogP contribution >= 0.6 is 0 Å². The van der Waals surface area contributed by atoms with Crippen molar-refractivity contribution in [3.05, 3.63) is 35.4 Å². The van der Waals surface area contributed by atoms with Gasteiger partial charge in [0.05, 0.1) is 4.90 Å². The van der Waals surface area contributed by atoms with E-state index in [0.717, 1.165) is 22.3 Å². The lowest BCUT2D eigenvalue weighted by Crippen LogP contribution is -2.00. The van der Waals surface area contributed by atoms with E-state index in [4.69, 9.17) is 0 Å². The molecule has 2 nitrogen and oxygen atoms in total. The van der Waals surface area contributed by atoms with Gasteiger partial charge in [-0.3, -0.25) is 0 Å². The van der Waals surface area contributed by atoms with Crippen molar-refractivity contribution < 1.29 is 8.42 Å². The van der Waals surface area contributed by atoms with Gasteiger partial charge in [0.25, 0.3) is 0 Å². The summed E-state index contributed by atoms with van der Waals surface area (Å²) in [4.78, 5) is 0.364. The van der Waals surface area contributed by atoms with E-state index in [1.807, 2.05) is 20.8 Å². The SMILES string of the molecule is C=C(C)c1cc(S(C)(=O)=O)cc(C)c1C. The summed E-state index contributed by atoms with van der Waals surface area (Å²) in [5, 5.41) is 0. The molecule has 15 heavy (non-hydrogen) atoms. The average Bonchev–Trinajstić information content (AvgIpc) is 2.06. The molecule has 0 bridgehead atoms. The minimum atomic E-state index is -3.14. The van der Waals surface area contributed by atoms with Crippen LogP contribution in [-0.2, 0) is 9.84 Å². The minimum Gasteiger partial charge on any atom is -0.224 e. The summed E-state index contributed by atoms with van der Waals surface area (Å²) < 4.78 is 22.9. The van der Waals surface area contributed by atoms with E-state index in [-0.39, 0.29) is 0 Å². The van der Waals surface area contributed by atoms with E-state index in [1.165, 1.54) is 6.26 Å². The van der Waals surface area contributed by atoms with Crippen LogP contribution in [0.4, 0.5) is 0 Å². The normalized spacial score (nSPS) is 11.5. The van der Waals surface area contributed by atoms with Gasteiger partial charge < -0.3 is 0 Å². The molecule has 0 N–H and O–H groups in total. The fourth-order valence-corrected chi connectivity index (χ4v) is 2.21. The van der Waals surface area contributed by atoms with Crippen molar-refractivity contribution in [1.82, 2.24) is 0 Å². The minimum absolute atomic E-state index is 0.364. The van der Waals surface area contributed by atoms with Crippen molar-refractivity contribution in [1.29, 1.82) is 0 Å². The maximum Gasteiger partial charge on any atom is 0.175 e. The molecule has 0 fully saturated rings. The number of hydrogen-bond acceptors (Lipinski definition) is 2. The Hall–Kier alpha value is -1.09. The van der Waals surface area contributed by atoms with Gasteiger partial charge >= 0.3 is 0 Å². The summed E-state index contributed by atoms with van der Waals surface area (Å²) in [5.74, 6) is 0. The van der Waals surface area contributed by atoms with E-state index < -0.39 is 9.84 Å². The Labute approximate surface area is 91.6 Å². The Balaban J connectivity index is 3.57. The van der Waals surface area contributed by atoms with Crippen molar-refractivity contribution in [2.45, 2.75) is 25.7 Å². The summed E-state index contributed by atoms with van der Waals surface area (Å²) in [6.45, 7) is 9.63. The van der Waals surface area contributed by atoms with Gasteiger partial charge in [-0.05, 0) is 49.6 Å². The summed E-state index contributed by atoms with van der Waals surface area (Å²) in [5.41, 5.74) is 3.89. The van der Waals surface area contributed by atoms with Crippen LogP contribution in [0.1, 0.15) is 23.6 Å². The van der Waals surface area contributed by atoms with E-state index in [2.05, 4.69) is 6.58 Å². The van der Waals surface area contributed by atoms with Gasteiger partial charge in [-0.1, -0.05) is 12.2 Å². The Morgan fingerprint density at radius 1 is 1.27 bits per heavy atom. The van der Waals surface area contributed by atoms with Gasteiger partial charge in [-0.25, -0.2) is 8.42 Å². The van der Waals surface area contributed by atoms with Crippen LogP contribution in [0.15, 0.2) is 23.6 Å². The molecule has 0 unspecified atom stereocenters. The number of sulfone groups is 1. The average molecular weight is 224 g/mol. The monoisotopic (exact) mass is 224 g/mol. The summed E-state index contributed by atoms with van der Waals surface area (Å²) in [6.07, 6.45) is 1.22. The third-order valence-corrected chi connectivity index (χ3v) is 3.62. The molecule has 0 aliphatic carbocycles. The summed E-state index contributed by atoms with van der Waals surface area (Å²) in [7, 11) is -3.14. The highest BCUT2D eigenvalue weighted by Crippen LogP contribution is 2.24. The van der Waals surface area contributed by atoms with Gasteiger partial charge in [0.1, 0.15) is 0 Å². The Morgan fingerprint density at radius 2 is 1.80 bits per heavy atom. The van der Waals surface area contributed by atoms with Crippen LogP contribution in [0.25, 0.3) is 5.57 Å². The topological polar surface area (TPSA) is 34.1 Å². The fourth-order valence-electron chi connectivity index (χ4n) is 1.48. The van der Waals surface area contributed by atoms with Crippen molar-refractivity contribution in [3.8, 4) is 0 Å². The molecule has 1 aromatic carbocycles. The van der Waals surface area contributed by atoms with Gasteiger partial charge in [0.2, 0.25) is 0 Å². The van der Waals surface area contributed by atoms with Crippen LogP contribution in [-0.4, -0.2) is 14.7 Å². The zero-order chi connectivity index (χ0) is 11.8. The molecular formula is C12H16O2S. The number of benzene rings is 1. The van der Waals surface area contributed by atoms with E-state index in [0.29, 0.717) is 4.90 Å². The van der Waals surface area contributed by atoms with Crippen molar-refractivity contribution in [2.75, 3.05) is 6.26 Å². The number of allylic oxidation sites excluding steroid dienone is 1. The smallest absolute Gasteiger partial charge is 0.175 e. The quantitative estimate of drug-likeness (QED) is 0.774. The first-order chi connectivity index (χ1) is 6.73. The van der Waals surface area contributed by atoms with E-state index in [1.54, 1.807) is 12.1 Å². The van der Waals surface area contributed by atoms with E-state index >= 15 is 0 Å². The second kappa shape index (κ2) is 3.81. The zero-order valence-corrected chi connectivity index (χ0v) is 10.4. The predicted molar refractivity (Wildman–Crippen MR) is 63.7 cm³/mol. The highest BCUT2D eigenvalue weighted by atomic mass is 32.2. The maximum absolute atomic E-state index is 11.4. The van der Waals surface area contributed by atoms with Crippen LogP contribution in [0.3, 0.4) is 0 Å². The second-order valence-electron chi connectivity index (χ2n) is 3.97. The number of rotatable bonds is 2. The largest absolute Gasteiger partial charge is 0.224 e. The zero-order valence-electron chi connectivity index (χ0n) is 9.59. The molecule has 0 heterocycles. The molecule has 0 aliphatic rings. The molecule has 0 aromatic heterocycles.